The number of rotatable bonds is 0. The van der Waals surface area contributed by atoms with Crippen LogP contribution in [0, 0.1) is 0 Å². The minimum Gasteiger partial charge on any atom is -0.308 e. The average molecular weight is 556 g/mol. The summed E-state index contributed by atoms with van der Waals surface area (Å²) < 4.78 is 4.90. The largest absolute Gasteiger partial charge is 0.308 e. The molecule has 35 heavy (non-hydrogen) atoms. The van der Waals surface area contributed by atoms with E-state index in [0.29, 0.717) is 0 Å². The summed E-state index contributed by atoms with van der Waals surface area (Å²) in [5.74, 6) is 0. The van der Waals surface area contributed by atoms with Crippen LogP contribution in [0.1, 0.15) is 0 Å². The van der Waals surface area contributed by atoms with Gasteiger partial charge in [0.1, 0.15) is 0 Å². The lowest BCUT2D eigenvalue weighted by molar-refractivity contribution is 1.36. The first-order valence-electron chi connectivity index (χ1n) is 11.9. The van der Waals surface area contributed by atoms with Crippen molar-refractivity contribution in [2.24, 2.45) is 0 Å². The van der Waals surface area contributed by atoms with Gasteiger partial charge >= 0.3 is 0 Å². The van der Waals surface area contributed by atoms with Crippen LogP contribution in [0.25, 0.3) is 81.4 Å². The third-order valence-electron chi connectivity index (χ3n) is 7.89. The maximum Gasteiger partial charge on any atom is 0.0689 e. The van der Waals surface area contributed by atoms with Gasteiger partial charge in [-0.3, -0.25) is 2.78 Å². The topological polar surface area (TPSA) is 9.34 Å². The number of halogens is 1. The van der Waals surface area contributed by atoms with E-state index in [9.17, 15) is 0 Å². The Morgan fingerprint density at radius 1 is 0.429 bits per heavy atom. The van der Waals surface area contributed by atoms with Gasteiger partial charge in [0.15, 0.2) is 0 Å². The zero-order valence-corrected chi connectivity index (χ0v) is 20.7. The van der Waals surface area contributed by atoms with Crippen molar-refractivity contribution in [2.45, 2.75) is 0 Å². The molecule has 0 atom stereocenters. The molecule has 6 aromatic carbocycles. The molecule has 0 bridgehead atoms. The quantitative estimate of drug-likeness (QED) is 0.165. The van der Waals surface area contributed by atoms with Gasteiger partial charge in [0.25, 0.3) is 0 Å². The van der Waals surface area contributed by atoms with Gasteiger partial charge in [-0.15, -0.1) is 0 Å². The van der Waals surface area contributed by atoms with Gasteiger partial charge in [0.05, 0.1) is 50.4 Å². The van der Waals surface area contributed by atoms with Gasteiger partial charge in [0.2, 0.25) is 0 Å². The summed E-state index contributed by atoms with van der Waals surface area (Å²) >= 11 is 2.49. The molecule has 3 heteroatoms. The zero-order valence-electron chi connectivity index (χ0n) is 18.6. The molecule has 3 heterocycles. The SMILES string of the molecule is In1c2cccc3c4cccc5c6cc7ccccc7cc6n(c6cc7ccccc7c1c6c32)c45. The van der Waals surface area contributed by atoms with Crippen molar-refractivity contribution in [3.63, 3.8) is 0 Å². The fourth-order valence-corrected chi connectivity index (χ4v) is 7.37. The minimum atomic E-state index is 1.27. The van der Waals surface area contributed by atoms with Gasteiger partial charge in [-0.2, -0.15) is 0 Å². The second kappa shape index (κ2) is 6.23. The summed E-state index contributed by atoms with van der Waals surface area (Å²) in [4.78, 5) is 0. The van der Waals surface area contributed by atoms with Crippen LogP contribution in [0.5, 0.6) is 0 Å². The van der Waals surface area contributed by atoms with E-state index in [1.54, 1.807) is 0 Å². The third kappa shape index (κ3) is 2.12. The van der Waals surface area contributed by atoms with Gasteiger partial charge in [-0.1, -0.05) is 78.9 Å². The molecule has 0 amide bonds. The average Bonchev–Trinajstić information content (AvgIpc) is 3.34. The predicted molar refractivity (Wildman–Crippen MR) is 159 cm³/mol. The molecule has 162 valence electrons. The maximum atomic E-state index is 2.54. The smallest absolute Gasteiger partial charge is 0.0689 e. The van der Waals surface area contributed by atoms with Crippen LogP contribution in [-0.4, -0.2) is 7.18 Å². The van der Waals surface area contributed by atoms with Crippen LogP contribution in [0.4, 0.5) is 0 Å². The molecule has 0 fully saturated rings. The highest BCUT2D eigenvalue weighted by Gasteiger charge is 2.22. The minimum absolute atomic E-state index is 1.27. The predicted octanol–water partition coefficient (Wildman–Crippen LogP) is 9.45. The number of aromatic nitrogens is 2. The van der Waals surface area contributed by atoms with Crippen molar-refractivity contribution in [1.82, 2.24) is 7.18 Å². The standard InChI is InChI=1S/C32H17IN2/c33-35-26-14-6-11-22-23-12-5-13-24-25-15-18-7-1-2-8-19(18)16-27(25)34(31(23)24)28-17-20-9-3-4-10-21(20)32(35)30(28)29(22)26/h1-17H. The first-order valence-corrected chi connectivity index (χ1v) is 12.9. The number of benzene rings is 6. The maximum absolute atomic E-state index is 2.54. The van der Waals surface area contributed by atoms with E-state index in [0.717, 1.165) is 0 Å². The van der Waals surface area contributed by atoms with Crippen LogP contribution >= 0.6 is 22.9 Å². The molecule has 0 saturated carbocycles. The summed E-state index contributed by atoms with van der Waals surface area (Å²) in [7, 11) is 0. The van der Waals surface area contributed by atoms with E-state index < -0.39 is 0 Å². The molecule has 0 radical (unpaired) electrons. The highest BCUT2D eigenvalue weighted by atomic mass is 127. The second-order valence-electron chi connectivity index (χ2n) is 9.57. The summed E-state index contributed by atoms with van der Waals surface area (Å²) in [5, 5.41) is 13.1. The Labute approximate surface area is 213 Å². The molecule has 9 aromatic rings. The molecule has 0 N–H and O–H groups in total. The Morgan fingerprint density at radius 3 is 1.91 bits per heavy atom. The molecule has 3 aromatic heterocycles. The molecule has 2 nitrogen and oxygen atoms in total. The van der Waals surface area contributed by atoms with E-state index in [4.69, 9.17) is 0 Å². The van der Waals surface area contributed by atoms with Crippen LogP contribution < -0.4 is 0 Å². The number of para-hydroxylation sites is 1. The van der Waals surface area contributed by atoms with Crippen molar-refractivity contribution in [2.75, 3.05) is 0 Å². The van der Waals surface area contributed by atoms with Gasteiger partial charge < -0.3 is 4.40 Å². The molecule has 0 saturated heterocycles. The molecule has 9 rings (SSSR count). The van der Waals surface area contributed by atoms with Crippen molar-refractivity contribution >= 4 is 104 Å². The summed E-state index contributed by atoms with van der Waals surface area (Å²) in [6.07, 6.45) is 0. The highest BCUT2D eigenvalue weighted by molar-refractivity contribution is 14.1. The van der Waals surface area contributed by atoms with Crippen LogP contribution in [0.15, 0.2) is 103 Å². The van der Waals surface area contributed by atoms with Crippen LogP contribution in [-0.2, 0) is 0 Å². The monoisotopic (exact) mass is 556 g/mol. The third-order valence-corrected chi connectivity index (χ3v) is 8.89. The number of fused-ring (bicyclic) bond motifs is 8. The lowest BCUT2D eigenvalue weighted by atomic mass is 10.0. The molecule has 0 aliphatic heterocycles. The molecule has 0 unspecified atom stereocenters. The fraction of sp³-hybridized carbons (Fsp3) is 0. The molecular formula is C32H17IN2. The van der Waals surface area contributed by atoms with Crippen LogP contribution in [0.2, 0.25) is 0 Å². The molecular weight excluding hydrogens is 539 g/mol. The van der Waals surface area contributed by atoms with E-state index >= 15 is 0 Å². The van der Waals surface area contributed by atoms with Crippen molar-refractivity contribution in [1.29, 1.82) is 0 Å². The van der Waals surface area contributed by atoms with Gasteiger partial charge in [0, 0.05) is 32.3 Å². The van der Waals surface area contributed by atoms with Crippen molar-refractivity contribution in [3.8, 4) is 0 Å². The Kier molecular flexibility index (Phi) is 3.29. The molecule has 0 spiro atoms. The first-order chi connectivity index (χ1) is 17.3. The number of hydrogen-bond acceptors (Lipinski definition) is 0. The van der Waals surface area contributed by atoms with E-state index in [1.165, 1.54) is 81.4 Å². The summed E-state index contributed by atoms with van der Waals surface area (Å²) in [5.41, 5.74) is 6.41. The number of nitrogens with zero attached hydrogens (tertiary/aromatic N) is 2. The van der Waals surface area contributed by atoms with Gasteiger partial charge in [-0.05, 0) is 45.8 Å². The zero-order chi connectivity index (χ0) is 22.8. The van der Waals surface area contributed by atoms with Crippen molar-refractivity contribution in [3.05, 3.63) is 103 Å². The Bertz CT molecular complexity index is 2330. The summed E-state index contributed by atoms with van der Waals surface area (Å²) in [6.45, 7) is 0. The van der Waals surface area contributed by atoms with E-state index in [-0.39, 0.29) is 0 Å². The fourth-order valence-electron chi connectivity index (χ4n) is 6.47. The second-order valence-corrected chi connectivity index (χ2v) is 10.5. The Morgan fingerprint density at radius 2 is 1.06 bits per heavy atom. The lowest BCUT2D eigenvalue weighted by Gasteiger charge is -2.07. The molecule has 0 aliphatic carbocycles. The Hall–Kier alpha value is -3.83. The first kappa shape index (κ1) is 18.5. The van der Waals surface area contributed by atoms with Crippen molar-refractivity contribution < 1.29 is 0 Å². The normalized spacial score (nSPS) is 12.7. The van der Waals surface area contributed by atoms with E-state index in [2.05, 4.69) is 133 Å². The van der Waals surface area contributed by atoms with Gasteiger partial charge in [-0.25, -0.2) is 0 Å². The lowest BCUT2D eigenvalue weighted by Crippen LogP contribution is -1.88. The number of hydrogen-bond donors (Lipinski definition) is 0. The highest BCUT2D eigenvalue weighted by Crippen LogP contribution is 2.46. The van der Waals surface area contributed by atoms with Crippen LogP contribution in [0.3, 0.4) is 0 Å². The van der Waals surface area contributed by atoms with E-state index in [1.807, 2.05) is 0 Å². The summed E-state index contributed by atoms with van der Waals surface area (Å²) in [6, 6.07) is 38.3. The Balaban J connectivity index is 1.76. The molecule has 0 aliphatic rings.